The predicted octanol–water partition coefficient (Wildman–Crippen LogP) is -0.897. The first-order chi connectivity index (χ1) is 12.6. The van der Waals surface area contributed by atoms with Crippen LogP contribution in [0.2, 0.25) is 0 Å². The third kappa shape index (κ3) is 3.41. The van der Waals surface area contributed by atoms with Crippen molar-refractivity contribution in [2.75, 3.05) is 57.9 Å². The summed E-state index contributed by atoms with van der Waals surface area (Å²) in [5, 5.41) is 3.02. The first-order valence-corrected chi connectivity index (χ1v) is 9.17. The normalized spacial score (nSPS) is 23.3. The van der Waals surface area contributed by atoms with E-state index in [0.717, 1.165) is 31.9 Å². The molecule has 3 heterocycles. The molecule has 1 atom stereocenters. The zero-order chi connectivity index (χ0) is 18.1. The summed E-state index contributed by atoms with van der Waals surface area (Å²) < 4.78 is 11.1. The maximum Gasteiger partial charge on any atom is 0.318 e. The molecule has 2 N–H and O–H groups in total. The van der Waals surface area contributed by atoms with Crippen molar-refractivity contribution >= 4 is 17.6 Å². The summed E-state index contributed by atoms with van der Waals surface area (Å²) in [6, 6.07) is 5.28. The molecular formula is C18H25N4O4+. The number of nitrogens with one attached hydrogen (secondary N) is 2. The molecule has 0 unspecified atom stereocenters. The van der Waals surface area contributed by atoms with Crippen molar-refractivity contribution in [2.24, 2.45) is 0 Å². The Morgan fingerprint density at radius 2 is 1.92 bits per heavy atom. The molecule has 0 aliphatic carbocycles. The molecule has 2 saturated heterocycles. The van der Waals surface area contributed by atoms with Crippen molar-refractivity contribution in [1.29, 1.82) is 0 Å². The Kier molecular flexibility index (Phi) is 4.58. The van der Waals surface area contributed by atoms with Gasteiger partial charge in [-0.25, -0.2) is 4.79 Å². The van der Waals surface area contributed by atoms with Gasteiger partial charge in [-0.05, 0) is 12.1 Å². The molecule has 1 aromatic carbocycles. The molecule has 0 spiro atoms. The number of hydrogen-bond donors (Lipinski definition) is 2. The van der Waals surface area contributed by atoms with Crippen molar-refractivity contribution in [3.05, 3.63) is 18.2 Å². The number of piperazine rings is 1. The lowest BCUT2D eigenvalue weighted by atomic mass is 10.2. The average molecular weight is 361 g/mol. The molecule has 4 rings (SSSR count). The first-order valence-electron chi connectivity index (χ1n) is 9.17. The molecule has 2 fully saturated rings. The summed E-state index contributed by atoms with van der Waals surface area (Å²) in [5.41, 5.74) is 0.777. The highest BCUT2D eigenvalue weighted by Crippen LogP contribution is 2.35. The van der Waals surface area contributed by atoms with E-state index < -0.39 is 0 Å². The van der Waals surface area contributed by atoms with Crippen LogP contribution in [0.25, 0.3) is 0 Å². The number of hydrogen-bond acceptors (Lipinski definition) is 4. The largest absolute Gasteiger partial charge is 0.486 e. The molecule has 0 radical (unpaired) electrons. The molecule has 0 aromatic heterocycles. The number of nitrogens with zero attached hydrogens (tertiary/aromatic N) is 2. The van der Waals surface area contributed by atoms with Crippen molar-refractivity contribution in [3.63, 3.8) is 0 Å². The molecule has 1 aromatic rings. The molecule has 0 bridgehead atoms. The van der Waals surface area contributed by atoms with Crippen molar-refractivity contribution in [2.45, 2.75) is 12.5 Å². The van der Waals surface area contributed by atoms with E-state index in [1.165, 1.54) is 4.90 Å². The van der Waals surface area contributed by atoms with Crippen LogP contribution < -0.4 is 24.6 Å². The summed E-state index contributed by atoms with van der Waals surface area (Å²) in [6.45, 7) is 4.95. The Balaban J connectivity index is 1.38. The predicted molar refractivity (Wildman–Crippen MR) is 94.9 cm³/mol. The minimum Gasteiger partial charge on any atom is -0.486 e. The number of rotatable bonds is 2. The minimum atomic E-state index is -0.171. The lowest BCUT2D eigenvalue weighted by Crippen LogP contribution is -3.12. The molecule has 26 heavy (non-hydrogen) atoms. The van der Waals surface area contributed by atoms with E-state index in [-0.39, 0.29) is 18.0 Å². The van der Waals surface area contributed by atoms with Crippen LogP contribution in [0.4, 0.5) is 10.5 Å². The number of fused-ring (bicyclic) bond motifs is 1. The van der Waals surface area contributed by atoms with Crippen LogP contribution >= 0.6 is 0 Å². The van der Waals surface area contributed by atoms with Crippen LogP contribution in [0.5, 0.6) is 11.5 Å². The molecule has 0 saturated carbocycles. The van der Waals surface area contributed by atoms with Crippen molar-refractivity contribution in [3.8, 4) is 11.5 Å². The monoisotopic (exact) mass is 361 g/mol. The Bertz CT molecular complexity index is 702. The Morgan fingerprint density at radius 3 is 2.69 bits per heavy atom. The van der Waals surface area contributed by atoms with Crippen molar-refractivity contribution < 1.29 is 24.0 Å². The van der Waals surface area contributed by atoms with E-state index in [9.17, 15) is 9.59 Å². The fourth-order valence-electron chi connectivity index (χ4n) is 3.61. The number of ether oxygens (including phenoxy) is 2. The minimum absolute atomic E-state index is 0.00907. The maximum atomic E-state index is 12.4. The van der Waals surface area contributed by atoms with Gasteiger partial charge in [-0.1, -0.05) is 0 Å². The SMILES string of the molecule is C[NH+]1CCN(C(=O)N[C@H]2CC(=O)N(c3ccc4c(c3)OCCO4)C2)CC1. The topological polar surface area (TPSA) is 75.6 Å². The van der Waals surface area contributed by atoms with E-state index in [4.69, 9.17) is 9.47 Å². The highest BCUT2D eigenvalue weighted by Gasteiger charge is 2.33. The first kappa shape index (κ1) is 17.0. The number of benzene rings is 1. The summed E-state index contributed by atoms with van der Waals surface area (Å²) in [5.74, 6) is 1.37. The van der Waals surface area contributed by atoms with Gasteiger partial charge in [0.05, 0.1) is 39.3 Å². The zero-order valence-electron chi connectivity index (χ0n) is 15.0. The highest BCUT2D eigenvalue weighted by atomic mass is 16.6. The van der Waals surface area contributed by atoms with E-state index in [2.05, 4.69) is 12.4 Å². The molecule has 3 amide bonds. The third-order valence-corrected chi connectivity index (χ3v) is 5.19. The van der Waals surface area contributed by atoms with E-state index in [1.807, 2.05) is 23.1 Å². The van der Waals surface area contributed by atoms with Gasteiger partial charge >= 0.3 is 6.03 Å². The fourth-order valence-corrected chi connectivity index (χ4v) is 3.61. The Hall–Kier alpha value is -2.48. The molecular weight excluding hydrogens is 336 g/mol. The number of carbonyl (C=O) groups excluding carboxylic acids is 2. The second-order valence-electron chi connectivity index (χ2n) is 7.13. The zero-order valence-corrected chi connectivity index (χ0v) is 15.0. The van der Waals surface area contributed by atoms with E-state index in [0.29, 0.717) is 37.7 Å². The van der Waals surface area contributed by atoms with Gasteiger partial charge in [0.15, 0.2) is 11.5 Å². The highest BCUT2D eigenvalue weighted by molar-refractivity contribution is 5.97. The van der Waals surface area contributed by atoms with Crippen LogP contribution in [-0.2, 0) is 4.79 Å². The van der Waals surface area contributed by atoms with Gasteiger partial charge in [0.25, 0.3) is 0 Å². The maximum absolute atomic E-state index is 12.4. The lowest BCUT2D eigenvalue weighted by Gasteiger charge is -2.31. The summed E-state index contributed by atoms with van der Waals surface area (Å²) >= 11 is 0. The third-order valence-electron chi connectivity index (χ3n) is 5.19. The second-order valence-corrected chi connectivity index (χ2v) is 7.13. The van der Waals surface area contributed by atoms with E-state index in [1.54, 1.807) is 4.90 Å². The number of likely N-dealkylation sites (N-methyl/N-ethyl adjacent to an activating group) is 1. The molecule has 8 nitrogen and oxygen atoms in total. The Labute approximate surface area is 152 Å². The summed E-state index contributed by atoms with van der Waals surface area (Å²) in [7, 11) is 2.14. The number of carbonyl (C=O) groups is 2. The Morgan fingerprint density at radius 1 is 1.19 bits per heavy atom. The van der Waals surface area contributed by atoms with Crippen LogP contribution in [-0.4, -0.2) is 75.9 Å². The number of anilines is 1. The summed E-state index contributed by atoms with van der Waals surface area (Å²) in [4.78, 5) is 29.9. The summed E-state index contributed by atoms with van der Waals surface area (Å²) in [6.07, 6.45) is 0.319. The van der Waals surface area contributed by atoms with Gasteiger partial charge in [0.2, 0.25) is 5.91 Å². The van der Waals surface area contributed by atoms with Gasteiger partial charge in [-0.15, -0.1) is 0 Å². The van der Waals surface area contributed by atoms with Gasteiger partial charge in [0.1, 0.15) is 13.2 Å². The van der Waals surface area contributed by atoms with E-state index >= 15 is 0 Å². The van der Waals surface area contributed by atoms with Gasteiger partial charge < -0.3 is 29.5 Å². The standard InChI is InChI=1S/C18H24N4O4/c1-20-4-6-21(7-5-20)18(24)19-13-10-17(23)22(12-13)14-2-3-15-16(11-14)26-9-8-25-15/h2-3,11,13H,4-10,12H2,1H3,(H,19,24)/p+1/t13-/m0/s1. The smallest absolute Gasteiger partial charge is 0.318 e. The molecule has 3 aliphatic rings. The second kappa shape index (κ2) is 7.03. The van der Waals surface area contributed by atoms with Crippen LogP contribution in [0.1, 0.15) is 6.42 Å². The molecule has 3 aliphatic heterocycles. The van der Waals surface area contributed by atoms with Gasteiger partial charge in [-0.3, -0.25) is 4.79 Å². The van der Waals surface area contributed by atoms with Crippen LogP contribution in [0, 0.1) is 0 Å². The number of quaternary nitrogens is 1. The lowest BCUT2D eigenvalue weighted by molar-refractivity contribution is -0.883. The molecule has 8 heteroatoms. The quantitative estimate of drug-likeness (QED) is 0.716. The fraction of sp³-hybridized carbons (Fsp3) is 0.556. The van der Waals surface area contributed by atoms with Gasteiger partial charge in [0, 0.05) is 24.7 Å². The average Bonchev–Trinajstić information content (AvgIpc) is 3.02. The van der Waals surface area contributed by atoms with Crippen LogP contribution in [0.15, 0.2) is 18.2 Å². The van der Waals surface area contributed by atoms with Gasteiger partial charge in [-0.2, -0.15) is 0 Å². The molecule has 140 valence electrons. The number of urea groups is 1. The van der Waals surface area contributed by atoms with Crippen molar-refractivity contribution in [1.82, 2.24) is 10.2 Å². The van der Waals surface area contributed by atoms with Crippen LogP contribution in [0.3, 0.4) is 0 Å². The number of amides is 3.